The number of aromatic nitrogens is 1. The van der Waals surface area contributed by atoms with E-state index >= 15 is 0 Å². The summed E-state index contributed by atoms with van der Waals surface area (Å²) in [6.45, 7) is 3.58. The van der Waals surface area contributed by atoms with Crippen molar-refractivity contribution in [3.05, 3.63) is 95.6 Å². The first-order chi connectivity index (χ1) is 14.1. The van der Waals surface area contributed by atoms with Crippen LogP contribution in [0.15, 0.2) is 72.9 Å². The van der Waals surface area contributed by atoms with Crippen molar-refractivity contribution in [3.8, 4) is 0 Å². The number of anilines is 1. The fraction of sp³-hybridized carbons (Fsp3) is 0.250. The molecule has 0 spiro atoms. The second-order valence-electron chi connectivity index (χ2n) is 7.01. The number of carbonyl (C=O) groups excluding carboxylic acids is 1. The standard InChI is InChI=1S/C24H26FN3O/c1-2-19-6-5-8-23(16-19)27-24(29)18-28(15-13-22-7-3-4-14-26-22)17-20-9-11-21(25)12-10-20/h3-12,14,16H,2,13,15,17-18H2,1H3,(H,27,29). The smallest absolute Gasteiger partial charge is 0.238 e. The fourth-order valence-electron chi connectivity index (χ4n) is 3.15. The molecule has 0 aliphatic rings. The largest absolute Gasteiger partial charge is 0.325 e. The predicted molar refractivity (Wildman–Crippen MR) is 114 cm³/mol. The van der Waals surface area contributed by atoms with E-state index in [2.05, 4.69) is 22.1 Å². The number of amides is 1. The predicted octanol–water partition coefficient (Wildman–Crippen LogP) is 4.47. The van der Waals surface area contributed by atoms with E-state index in [0.717, 1.165) is 29.8 Å². The van der Waals surface area contributed by atoms with E-state index in [9.17, 15) is 9.18 Å². The number of aryl methyl sites for hydroxylation is 1. The molecular formula is C24H26FN3O. The van der Waals surface area contributed by atoms with Gasteiger partial charge in [-0.05, 0) is 53.9 Å². The lowest BCUT2D eigenvalue weighted by molar-refractivity contribution is -0.117. The minimum Gasteiger partial charge on any atom is -0.325 e. The maximum Gasteiger partial charge on any atom is 0.238 e. The number of rotatable bonds is 9. The van der Waals surface area contributed by atoms with Crippen LogP contribution in [0.4, 0.5) is 10.1 Å². The van der Waals surface area contributed by atoms with Crippen molar-refractivity contribution in [2.24, 2.45) is 0 Å². The summed E-state index contributed by atoms with van der Waals surface area (Å²) in [5.74, 6) is -0.330. The molecule has 2 aromatic carbocycles. The van der Waals surface area contributed by atoms with Gasteiger partial charge in [0.05, 0.1) is 6.54 Å². The van der Waals surface area contributed by atoms with Gasteiger partial charge in [0, 0.05) is 37.1 Å². The molecule has 3 aromatic rings. The summed E-state index contributed by atoms with van der Waals surface area (Å²) in [6, 6.07) is 20.1. The van der Waals surface area contributed by atoms with Gasteiger partial charge in [-0.15, -0.1) is 0 Å². The summed E-state index contributed by atoms with van der Waals surface area (Å²) in [4.78, 5) is 19.1. The van der Waals surface area contributed by atoms with E-state index in [4.69, 9.17) is 0 Å². The molecule has 0 saturated heterocycles. The van der Waals surface area contributed by atoms with Crippen LogP contribution in [-0.2, 0) is 24.2 Å². The lowest BCUT2D eigenvalue weighted by Crippen LogP contribution is -2.34. The summed E-state index contributed by atoms with van der Waals surface area (Å²) in [5, 5.41) is 2.98. The molecule has 0 bridgehead atoms. The Morgan fingerprint density at radius 3 is 2.59 bits per heavy atom. The highest BCUT2D eigenvalue weighted by Crippen LogP contribution is 2.12. The van der Waals surface area contributed by atoms with Crippen molar-refractivity contribution in [1.82, 2.24) is 9.88 Å². The summed E-state index contributed by atoms with van der Waals surface area (Å²) >= 11 is 0. The third kappa shape index (κ3) is 6.80. The molecule has 4 nitrogen and oxygen atoms in total. The van der Waals surface area contributed by atoms with Crippen LogP contribution in [0, 0.1) is 5.82 Å². The molecule has 0 fully saturated rings. The normalized spacial score (nSPS) is 10.9. The maximum absolute atomic E-state index is 13.2. The Balaban J connectivity index is 1.65. The van der Waals surface area contributed by atoms with Gasteiger partial charge in [-0.1, -0.05) is 37.3 Å². The molecular weight excluding hydrogens is 365 g/mol. The minimum absolute atomic E-state index is 0.0682. The molecule has 29 heavy (non-hydrogen) atoms. The van der Waals surface area contributed by atoms with Crippen molar-refractivity contribution in [2.75, 3.05) is 18.4 Å². The second kappa shape index (κ2) is 10.5. The monoisotopic (exact) mass is 391 g/mol. The highest BCUT2D eigenvalue weighted by atomic mass is 19.1. The zero-order chi connectivity index (χ0) is 20.5. The molecule has 0 aliphatic carbocycles. The van der Waals surface area contributed by atoms with Gasteiger partial charge in [-0.2, -0.15) is 0 Å². The third-order valence-corrected chi connectivity index (χ3v) is 4.72. The van der Waals surface area contributed by atoms with E-state index in [0.29, 0.717) is 13.1 Å². The average molecular weight is 391 g/mol. The van der Waals surface area contributed by atoms with E-state index in [1.807, 2.05) is 42.5 Å². The van der Waals surface area contributed by atoms with Gasteiger partial charge < -0.3 is 5.32 Å². The number of nitrogens with zero attached hydrogens (tertiary/aromatic N) is 2. The fourth-order valence-corrected chi connectivity index (χ4v) is 3.15. The molecule has 0 unspecified atom stereocenters. The van der Waals surface area contributed by atoms with Crippen LogP contribution in [0.2, 0.25) is 0 Å². The van der Waals surface area contributed by atoms with Gasteiger partial charge >= 0.3 is 0 Å². The highest BCUT2D eigenvalue weighted by molar-refractivity contribution is 5.92. The van der Waals surface area contributed by atoms with Gasteiger partial charge in [0.25, 0.3) is 0 Å². The highest BCUT2D eigenvalue weighted by Gasteiger charge is 2.13. The Labute approximate surface area is 171 Å². The number of benzene rings is 2. The summed E-state index contributed by atoms with van der Waals surface area (Å²) in [7, 11) is 0. The lowest BCUT2D eigenvalue weighted by atomic mass is 10.1. The van der Waals surface area contributed by atoms with Crippen molar-refractivity contribution >= 4 is 11.6 Å². The third-order valence-electron chi connectivity index (χ3n) is 4.72. The lowest BCUT2D eigenvalue weighted by Gasteiger charge is -2.22. The first kappa shape index (κ1) is 20.7. The molecule has 0 radical (unpaired) electrons. The SMILES string of the molecule is CCc1cccc(NC(=O)CN(CCc2ccccn2)Cc2ccc(F)cc2)c1. The Kier molecular flexibility index (Phi) is 7.47. The van der Waals surface area contributed by atoms with Gasteiger partial charge in [0.15, 0.2) is 0 Å². The Bertz CT molecular complexity index is 913. The van der Waals surface area contributed by atoms with Crippen molar-refractivity contribution < 1.29 is 9.18 Å². The number of carbonyl (C=O) groups is 1. The molecule has 1 heterocycles. The minimum atomic E-state index is -0.262. The van der Waals surface area contributed by atoms with Crippen molar-refractivity contribution in [1.29, 1.82) is 0 Å². The molecule has 5 heteroatoms. The summed E-state index contributed by atoms with van der Waals surface area (Å²) in [5.41, 5.74) is 3.93. The first-order valence-electron chi connectivity index (χ1n) is 9.88. The molecule has 0 saturated carbocycles. The van der Waals surface area contributed by atoms with E-state index in [1.165, 1.54) is 17.7 Å². The van der Waals surface area contributed by atoms with Crippen LogP contribution < -0.4 is 5.32 Å². The Hall–Kier alpha value is -3.05. The van der Waals surface area contributed by atoms with Gasteiger partial charge in [0.1, 0.15) is 5.82 Å². The van der Waals surface area contributed by atoms with Crippen LogP contribution in [0.3, 0.4) is 0 Å². The second-order valence-corrected chi connectivity index (χ2v) is 7.01. The number of nitrogens with one attached hydrogen (secondary N) is 1. The number of halogens is 1. The number of hydrogen-bond acceptors (Lipinski definition) is 3. The quantitative estimate of drug-likeness (QED) is 0.585. The van der Waals surface area contributed by atoms with Crippen molar-refractivity contribution in [2.45, 2.75) is 26.3 Å². The van der Waals surface area contributed by atoms with Crippen LogP contribution in [0.5, 0.6) is 0 Å². The Morgan fingerprint density at radius 1 is 1.03 bits per heavy atom. The number of pyridine rings is 1. The summed E-state index contributed by atoms with van der Waals surface area (Å²) < 4.78 is 13.2. The van der Waals surface area contributed by atoms with Crippen LogP contribution in [0.25, 0.3) is 0 Å². The zero-order valence-corrected chi connectivity index (χ0v) is 16.6. The molecule has 1 N–H and O–H groups in total. The molecule has 0 atom stereocenters. The topological polar surface area (TPSA) is 45.2 Å². The molecule has 0 aliphatic heterocycles. The van der Waals surface area contributed by atoms with E-state index in [-0.39, 0.29) is 18.3 Å². The van der Waals surface area contributed by atoms with E-state index < -0.39 is 0 Å². The zero-order valence-electron chi connectivity index (χ0n) is 16.6. The maximum atomic E-state index is 13.2. The summed E-state index contributed by atoms with van der Waals surface area (Å²) in [6.07, 6.45) is 3.43. The average Bonchev–Trinajstić information content (AvgIpc) is 2.74. The number of hydrogen-bond donors (Lipinski definition) is 1. The van der Waals surface area contributed by atoms with Gasteiger partial charge in [0.2, 0.25) is 5.91 Å². The van der Waals surface area contributed by atoms with Gasteiger partial charge in [-0.3, -0.25) is 14.7 Å². The van der Waals surface area contributed by atoms with Crippen molar-refractivity contribution in [3.63, 3.8) is 0 Å². The Morgan fingerprint density at radius 2 is 1.86 bits per heavy atom. The molecule has 1 aromatic heterocycles. The first-order valence-corrected chi connectivity index (χ1v) is 9.88. The molecule has 3 rings (SSSR count). The van der Waals surface area contributed by atoms with Crippen LogP contribution in [0.1, 0.15) is 23.7 Å². The van der Waals surface area contributed by atoms with Gasteiger partial charge in [-0.25, -0.2) is 4.39 Å². The van der Waals surface area contributed by atoms with E-state index in [1.54, 1.807) is 18.3 Å². The van der Waals surface area contributed by atoms with Crippen LogP contribution in [-0.4, -0.2) is 28.9 Å². The van der Waals surface area contributed by atoms with Crippen LogP contribution >= 0.6 is 0 Å². The molecule has 1 amide bonds. The molecule has 150 valence electrons.